The second-order valence-electron chi connectivity index (χ2n) is 3.43. The first-order valence-electron chi connectivity index (χ1n) is 4.73. The molecule has 0 aliphatic heterocycles. The lowest BCUT2D eigenvalue weighted by molar-refractivity contribution is 1.19. The minimum Gasteiger partial charge on any atom is -0.0843 e. The molecule has 15 heavy (non-hydrogen) atoms. The van der Waals surface area contributed by atoms with E-state index >= 15 is 0 Å². The molecule has 2 rings (SSSR count). The Morgan fingerprint density at radius 1 is 0.933 bits per heavy atom. The number of benzene rings is 2. The topological polar surface area (TPSA) is 0 Å². The molecule has 0 nitrogen and oxygen atoms in total. The number of hydrogen-bond donors (Lipinski definition) is 0. The summed E-state index contributed by atoms with van der Waals surface area (Å²) in [5, 5.41) is 0.785. The highest BCUT2D eigenvalue weighted by Crippen LogP contribution is 2.16. The van der Waals surface area contributed by atoms with Gasteiger partial charge in [-0.2, -0.15) is 0 Å². The van der Waals surface area contributed by atoms with Crippen LogP contribution < -0.4 is 0 Å². The lowest BCUT2D eigenvalue weighted by Crippen LogP contribution is -1.87. The number of hydrogen-bond acceptors (Lipinski definition) is 0. The third-order valence-corrected chi connectivity index (χ3v) is 2.96. The van der Waals surface area contributed by atoms with Gasteiger partial charge in [0, 0.05) is 9.50 Å². The number of rotatable bonds is 2. The van der Waals surface area contributed by atoms with E-state index < -0.39 is 0 Å². The van der Waals surface area contributed by atoms with E-state index in [9.17, 15) is 0 Å². The Kier molecular flexibility index (Phi) is 3.45. The van der Waals surface area contributed by atoms with Crippen LogP contribution in [0, 0.1) is 0 Å². The van der Waals surface area contributed by atoms with Crippen molar-refractivity contribution in [1.29, 1.82) is 0 Å². The van der Waals surface area contributed by atoms with Gasteiger partial charge in [-0.3, -0.25) is 0 Å². The quantitative estimate of drug-likeness (QED) is 0.749. The Morgan fingerprint density at radius 3 is 2.33 bits per heavy atom. The average Bonchev–Trinajstić information content (AvgIpc) is 2.22. The average molecular weight is 282 g/mol. The van der Waals surface area contributed by atoms with Crippen LogP contribution in [0.3, 0.4) is 0 Å². The molecule has 2 heteroatoms. The van der Waals surface area contributed by atoms with Gasteiger partial charge in [0.05, 0.1) is 0 Å². The van der Waals surface area contributed by atoms with Gasteiger partial charge in [-0.25, -0.2) is 0 Å². The standard InChI is InChI=1S/C13H10BrCl/c14-12-3-1-2-11(9-12)8-10-4-6-13(15)7-5-10/h1-7,9H,8H2. The Hall–Kier alpha value is -0.790. The first-order chi connectivity index (χ1) is 7.24. The smallest absolute Gasteiger partial charge is 0.0406 e. The van der Waals surface area contributed by atoms with Gasteiger partial charge in [-0.05, 0) is 41.8 Å². The molecule has 0 aromatic heterocycles. The summed E-state index contributed by atoms with van der Waals surface area (Å²) in [6.07, 6.45) is 0.941. The van der Waals surface area contributed by atoms with Gasteiger partial charge in [0.1, 0.15) is 0 Å². The normalized spacial score (nSPS) is 10.3. The van der Waals surface area contributed by atoms with Crippen molar-refractivity contribution < 1.29 is 0 Å². The third kappa shape index (κ3) is 3.08. The highest BCUT2D eigenvalue weighted by Gasteiger charge is 1.97. The maximum Gasteiger partial charge on any atom is 0.0406 e. The predicted octanol–water partition coefficient (Wildman–Crippen LogP) is 4.69. The SMILES string of the molecule is Clc1ccc(Cc2cccc(Br)c2)cc1. The van der Waals surface area contributed by atoms with Crippen molar-refractivity contribution in [2.45, 2.75) is 6.42 Å². The summed E-state index contributed by atoms with van der Waals surface area (Å²) in [5.41, 5.74) is 2.57. The molecule has 0 saturated heterocycles. The van der Waals surface area contributed by atoms with Gasteiger partial charge in [0.15, 0.2) is 0 Å². The largest absolute Gasteiger partial charge is 0.0843 e. The molecule has 0 bridgehead atoms. The second kappa shape index (κ2) is 4.82. The van der Waals surface area contributed by atoms with Crippen LogP contribution in [0.15, 0.2) is 53.0 Å². The summed E-state index contributed by atoms with van der Waals surface area (Å²) in [4.78, 5) is 0. The molecule has 0 N–H and O–H groups in total. The monoisotopic (exact) mass is 280 g/mol. The molecular formula is C13H10BrCl. The Bertz CT molecular complexity index is 448. The van der Waals surface area contributed by atoms with Gasteiger partial charge in [-0.1, -0.05) is 51.8 Å². The summed E-state index contributed by atoms with van der Waals surface area (Å²) in [6.45, 7) is 0. The fourth-order valence-electron chi connectivity index (χ4n) is 1.48. The van der Waals surface area contributed by atoms with E-state index in [-0.39, 0.29) is 0 Å². The summed E-state index contributed by atoms with van der Waals surface area (Å²) in [6, 6.07) is 16.3. The van der Waals surface area contributed by atoms with Crippen LogP contribution in [0.2, 0.25) is 5.02 Å². The zero-order valence-corrected chi connectivity index (χ0v) is 10.4. The van der Waals surface area contributed by atoms with Crippen molar-refractivity contribution in [1.82, 2.24) is 0 Å². The molecule has 2 aromatic carbocycles. The van der Waals surface area contributed by atoms with Crippen LogP contribution in [-0.2, 0) is 6.42 Å². The molecule has 0 amide bonds. The molecule has 0 radical (unpaired) electrons. The zero-order chi connectivity index (χ0) is 10.7. The lowest BCUT2D eigenvalue weighted by Gasteiger charge is -2.02. The summed E-state index contributed by atoms with van der Waals surface area (Å²) >= 11 is 9.30. The molecule has 76 valence electrons. The number of halogens is 2. The molecule has 0 atom stereocenters. The van der Waals surface area contributed by atoms with Crippen LogP contribution >= 0.6 is 27.5 Å². The van der Waals surface area contributed by atoms with E-state index in [0.717, 1.165) is 15.9 Å². The zero-order valence-electron chi connectivity index (χ0n) is 8.08. The molecule has 0 aliphatic carbocycles. The maximum absolute atomic E-state index is 5.83. The molecule has 0 spiro atoms. The van der Waals surface area contributed by atoms with Crippen LogP contribution in [0.25, 0.3) is 0 Å². The Morgan fingerprint density at radius 2 is 1.67 bits per heavy atom. The molecule has 0 saturated carbocycles. The lowest BCUT2D eigenvalue weighted by atomic mass is 10.1. The fraction of sp³-hybridized carbons (Fsp3) is 0.0769. The minimum atomic E-state index is 0.785. The predicted molar refractivity (Wildman–Crippen MR) is 68.4 cm³/mol. The van der Waals surface area contributed by atoms with Crippen LogP contribution in [-0.4, -0.2) is 0 Å². The summed E-state index contributed by atoms with van der Waals surface area (Å²) in [7, 11) is 0. The van der Waals surface area contributed by atoms with Crippen molar-refractivity contribution in [2.75, 3.05) is 0 Å². The highest BCUT2D eigenvalue weighted by atomic mass is 79.9. The van der Waals surface area contributed by atoms with Crippen LogP contribution in [0.5, 0.6) is 0 Å². The fourth-order valence-corrected chi connectivity index (χ4v) is 2.06. The van der Waals surface area contributed by atoms with Gasteiger partial charge in [0.25, 0.3) is 0 Å². The molecule has 0 fully saturated rings. The van der Waals surface area contributed by atoms with E-state index in [4.69, 9.17) is 11.6 Å². The van der Waals surface area contributed by atoms with Gasteiger partial charge >= 0.3 is 0 Å². The molecule has 0 unspecified atom stereocenters. The summed E-state index contributed by atoms with van der Waals surface area (Å²) in [5.74, 6) is 0. The third-order valence-electron chi connectivity index (χ3n) is 2.21. The van der Waals surface area contributed by atoms with E-state index in [1.165, 1.54) is 11.1 Å². The van der Waals surface area contributed by atoms with Crippen molar-refractivity contribution >= 4 is 27.5 Å². The van der Waals surface area contributed by atoms with Gasteiger partial charge in [0.2, 0.25) is 0 Å². The minimum absolute atomic E-state index is 0.785. The molecule has 2 aromatic rings. The first kappa shape index (κ1) is 10.7. The van der Waals surface area contributed by atoms with Crippen molar-refractivity contribution in [3.8, 4) is 0 Å². The van der Waals surface area contributed by atoms with Crippen LogP contribution in [0.4, 0.5) is 0 Å². The van der Waals surface area contributed by atoms with E-state index in [1.807, 2.05) is 18.2 Å². The Balaban J connectivity index is 2.18. The van der Waals surface area contributed by atoms with E-state index in [1.54, 1.807) is 0 Å². The van der Waals surface area contributed by atoms with Crippen molar-refractivity contribution in [3.63, 3.8) is 0 Å². The Labute approximate surface area is 103 Å². The molecular weight excluding hydrogens is 272 g/mol. The van der Waals surface area contributed by atoms with Crippen LogP contribution in [0.1, 0.15) is 11.1 Å². The van der Waals surface area contributed by atoms with Gasteiger partial charge in [-0.15, -0.1) is 0 Å². The maximum atomic E-state index is 5.83. The van der Waals surface area contributed by atoms with Crippen molar-refractivity contribution in [3.05, 3.63) is 69.2 Å². The first-order valence-corrected chi connectivity index (χ1v) is 5.90. The van der Waals surface area contributed by atoms with E-state index in [2.05, 4.69) is 46.3 Å². The highest BCUT2D eigenvalue weighted by molar-refractivity contribution is 9.10. The van der Waals surface area contributed by atoms with E-state index in [0.29, 0.717) is 0 Å². The second-order valence-corrected chi connectivity index (χ2v) is 4.79. The van der Waals surface area contributed by atoms with Gasteiger partial charge < -0.3 is 0 Å². The molecule has 0 aliphatic rings. The summed E-state index contributed by atoms with van der Waals surface area (Å²) < 4.78 is 1.12. The molecule has 0 heterocycles. The van der Waals surface area contributed by atoms with Crippen molar-refractivity contribution in [2.24, 2.45) is 0 Å².